The molecule has 0 atom stereocenters. The number of benzene rings is 2. The molecule has 0 aliphatic rings. The molecule has 0 fully saturated rings. The third-order valence-corrected chi connectivity index (χ3v) is 3.25. The lowest BCUT2D eigenvalue weighted by Gasteiger charge is -2.10. The minimum absolute atomic E-state index is 0.308. The first-order valence-electron chi connectivity index (χ1n) is 5.79. The van der Waals surface area contributed by atoms with Crippen molar-refractivity contribution in [2.75, 3.05) is 11.9 Å². The molecule has 1 amide bonds. The lowest BCUT2D eigenvalue weighted by atomic mass is 10.3. The number of carbonyl (C=O) groups is 1. The van der Waals surface area contributed by atoms with E-state index in [2.05, 4.69) is 21.2 Å². The second kappa shape index (κ2) is 6.87. The van der Waals surface area contributed by atoms with Crippen molar-refractivity contribution in [2.24, 2.45) is 0 Å². The molecule has 2 aromatic rings. The minimum Gasteiger partial charge on any atom is -0.481 e. The number of ether oxygens (including phenoxy) is 1. The monoisotopic (exact) mass is 375 g/mol. The van der Waals surface area contributed by atoms with Crippen LogP contribution < -0.4 is 10.1 Å². The lowest BCUT2D eigenvalue weighted by molar-refractivity contribution is -0.118. The summed E-state index contributed by atoms with van der Waals surface area (Å²) in [6.07, 6.45) is 0. The van der Waals surface area contributed by atoms with Gasteiger partial charge < -0.3 is 10.1 Å². The number of hydrogen-bond acceptors (Lipinski definition) is 2. The Bertz CT molecular complexity index is 682. The van der Waals surface area contributed by atoms with Crippen molar-refractivity contribution in [3.05, 3.63) is 57.5 Å². The predicted molar refractivity (Wildman–Crippen MR) is 79.6 cm³/mol. The zero-order chi connectivity index (χ0) is 15.4. The molecule has 110 valence electrons. The first-order valence-corrected chi connectivity index (χ1v) is 6.96. The highest BCUT2D eigenvalue weighted by molar-refractivity contribution is 9.10. The Morgan fingerprint density at radius 2 is 2.00 bits per heavy atom. The van der Waals surface area contributed by atoms with E-state index < -0.39 is 24.1 Å². The molecule has 3 nitrogen and oxygen atoms in total. The van der Waals surface area contributed by atoms with Crippen molar-refractivity contribution in [3.63, 3.8) is 0 Å². The molecular formula is C14H9BrClF2NO2. The number of halogens is 4. The molecule has 0 aliphatic carbocycles. The number of para-hydroxylation sites is 1. The second-order valence-corrected chi connectivity index (χ2v) is 5.34. The topological polar surface area (TPSA) is 38.3 Å². The van der Waals surface area contributed by atoms with E-state index >= 15 is 0 Å². The normalized spacial score (nSPS) is 10.3. The van der Waals surface area contributed by atoms with Crippen molar-refractivity contribution in [3.8, 4) is 5.75 Å². The molecule has 0 aromatic heterocycles. The average Bonchev–Trinajstić information content (AvgIpc) is 2.44. The standard InChI is InChI=1S/C14H9BrClF2NO2/c15-8-5-10(17)14(18)12(6-8)21-7-13(20)19-11-4-2-1-3-9(11)16/h1-6H,7H2,(H,19,20). The maximum atomic E-state index is 13.4. The Balaban J connectivity index is 2.00. The van der Waals surface area contributed by atoms with E-state index in [-0.39, 0.29) is 5.75 Å². The van der Waals surface area contributed by atoms with Gasteiger partial charge >= 0.3 is 0 Å². The summed E-state index contributed by atoms with van der Waals surface area (Å²) in [5, 5.41) is 2.87. The van der Waals surface area contributed by atoms with Crippen molar-refractivity contribution in [1.82, 2.24) is 0 Å². The van der Waals surface area contributed by atoms with E-state index in [1.54, 1.807) is 24.3 Å². The third-order valence-electron chi connectivity index (χ3n) is 2.47. The van der Waals surface area contributed by atoms with Crippen LogP contribution in [0.4, 0.5) is 14.5 Å². The van der Waals surface area contributed by atoms with Gasteiger partial charge in [-0.2, -0.15) is 4.39 Å². The number of anilines is 1. The van der Waals surface area contributed by atoms with Gasteiger partial charge in [0.2, 0.25) is 5.82 Å². The van der Waals surface area contributed by atoms with Gasteiger partial charge in [0.15, 0.2) is 18.2 Å². The van der Waals surface area contributed by atoms with E-state index in [1.165, 1.54) is 6.07 Å². The lowest BCUT2D eigenvalue weighted by Crippen LogP contribution is -2.20. The van der Waals surface area contributed by atoms with Gasteiger partial charge in [-0.15, -0.1) is 0 Å². The zero-order valence-corrected chi connectivity index (χ0v) is 12.8. The summed E-state index contributed by atoms with van der Waals surface area (Å²) in [5.74, 6) is -3.10. The van der Waals surface area contributed by atoms with Crippen LogP contribution in [0.25, 0.3) is 0 Å². The molecule has 21 heavy (non-hydrogen) atoms. The van der Waals surface area contributed by atoms with Crippen molar-refractivity contribution >= 4 is 39.1 Å². The van der Waals surface area contributed by atoms with Crippen LogP contribution in [0.5, 0.6) is 5.75 Å². The molecule has 0 heterocycles. The molecule has 0 aliphatic heterocycles. The van der Waals surface area contributed by atoms with Crippen LogP contribution in [0.2, 0.25) is 5.02 Å². The fourth-order valence-electron chi connectivity index (χ4n) is 1.53. The van der Waals surface area contributed by atoms with Crippen LogP contribution in [0.15, 0.2) is 40.9 Å². The average molecular weight is 377 g/mol. The molecule has 0 unspecified atom stereocenters. The third kappa shape index (κ3) is 4.15. The van der Waals surface area contributed by atoms with Gasteiger partial charge in [-0.3, -0.25) is 4.79 Å². The van der Waals surface area contributed by atoms with Gasteiger partial charge in [-0.05, 0) is 24.3 Å². The van der Waals surface area contributed by atoms with Crippen molar-refractivity contribution in [2.45, 2.75) is 0 Å². The Morgan fingerprint density at radius 1 is 1.29 bits per heavy atom. The molecule has 1 N–H and O–H groups in total. The maximum Gasteiger partial charge on any atom is 0.262 e. The highest BCUT2D eigenvalue weighted by atomic mass is 79.9. The SMILES string of the molecule is O=C(COc1cc(Br)cc(F)c1F)Nc1ccccc1Cl. The quantitative estimate of drug-likeness (QED) is 0.803. The largest absolute Gasteiger partial charge is 0.481 e. The maximum absolute atomic E-state index is 13.4. The van der Waals surface area contributed by atoms with Gasteiger partial charge in [-0.25, -0.2) is 4.39 Å². The number of amides is 1. The van der Waals surface area contributed by atoms with E-state index in [4.69, 9.17) is 16.3 Å². The fraction of sp³-hybridized carbons (Fsp3) is 0.0714. The first-order chi connectivity index (χ1) is 9.97. The molecule has 2 rings (SSSR count). The minimum atomic E-state index is -1.15. The molecule has 0 radical (unpaired) electrons. The molecule has 7 heteroatoms. The van der Waals surface area contributed by atoms with Crippen LogP contribution in [-0.2, 0) is 4.79 Å². The van der Waals surface area contributed by atoms with E-state index in [0.29, 0.717) is 15.2 Å². The summed E-state index contributed by atoms with van der Waals surface area (Å²) < 4.78 is 31.9. The highest BCUT2D eigenvalue weighted by Gasteiger charge is 2.13. The summed E-state index contributed by atoms with van der Waals surface area (Å²) in [6, 6.07) is 8.84. The molecule has 0 spiro atoms. The zero-order valence-electron chi connectivity index (χ0n) is 10.5. The fourth-order valence-corrected chi connectivity index (χ4v) is 2.12. The van der Waals surface area contributed by atoms with Gasteiger partial charge in [0, 0.05) is 4.47 Å². The number of carbonyl (C=O) groups excluding carboxylic acids is 1. The van der Waals surface area contributed by atoms with Gasteiger partial charge in [0.05, 0.1) is 10.7 Å². The van der Waals surface area contributed by atoms with Gasteiger partial charge in [0.25, 0.3) is 5.91 Å². The Labute approximate surface area is 133 Å². The van der Waals surface area contributed by atoms with Crippen LogP contribution in [0, 0.1) is 11.6 Å². The summed E-state index contributed by atoms with van der Waals surface area (Å²) in [6.45, 7) is -0.474. The molecule has 0 bridgehead atoms. The van der Waals surface area contributed by atoms with Crippen LogP contribution >= 0.6 is 27.5 Å². The van der Waals surface area contributed by atoms with Gasteiger partial charge in [-0.1, -0.05) is 39.7 Å². The highest BCUT2D eigenvalue weighted by Crippen LogP contribution is 2.25. The van der Waals surface area contributed by atoms with E-state index in [0.717, 1.165) is 6.07 Å². The Hall–Kier alpha value is -1.66. The van der Waals surface area contributed by atoms with Gasteiger partial charge in [0.1, 0.15) is 0 Å². The number of hydrogen-bond donors (Lipinski definition) is 1. The second-order valence-electron chi connectivity index (χ2n) is 4.02. The van der Waals surface area contributed by atoms with E-state index in [1.807, 2.05) is 0 Å². The molecule has 0 saturated heterocycles. The Morgan fingerprint density at radius 3 is 2.71 bits per heavy atom. The van der Waals surface area contributed by atoms with Crippen LogP contribution in [-0.4, -0.2) is 12.5 Å². The molecule has 2 aromatic carbocycles. The summed E-state index contributed by atoms with van der Waals surface area (Å²) in [5.41, 5.74) is 0.411. The predicted octanol–water partition coefficient (Wildman–Crippen LogP) is 4.40. The molecular weight excluding hydrogens is 368 g/mol. The smallest absolute Gasteiger partial charge is 0.262 e. The van der Waals surface area contributed by atoms with Crippen molar-refractivity contribution < 1.29 is 18.3 Å². The van der Waals surface area contributed by atoms with Crippen LogP contribution in [0.3, 0.4) is 0 Å². The summed E-state index contributed by atoms with van der Waals surface area (Å²) in [7, 11) is 0. The first kappa shape index (κ1) is 15.7. The Kier molecular flexibility index (Phi) is 5.14. The molecule has 0 saturated carbocycles. The summed E-state index contributed by atoms with van der Waals surface area (Å²) in [4.78, 5) is 11.7. The van der Waals surface area contributed by atoms with Crippen molar-refractivity contribution in [1.29, 1.82) is 0 Å². The van der Waals surface area contributed by atoms with Crippen LogP contribution in [0.1, 0.15) is 0 Å². The summed E-state index contributed by atoms with van der Waals surface area (Å²) >= 11 is 8.89. The number of rotatable bonds is 4. The number of nitrogens with one attached hydrogen (secondary N) is 1. The van der Waals surface area contributed by atoms with E-state index in [9.17, 15) is 13.6 Å².